The summed E-state index contributed by atoms with van der Waals surface area (Å²) in [4.78, 5) is 23.6. The van der Waals surface area contributed by atoms with Crippen LogP contribution in [0, 0.1) is 0 Å². The molecule has 4 nitrogen and oxygen atoms in total. The molecule has 2 aromatic carbocycles. The van der Waals surface area contributed by atoms with Crippen LogP contribution in [0.15, 0.2) is 42.5 Å². The second kappa shape index (κ2) is 7.49. The van der Waals surface area contributed by atoms with Crippen molar-refractivity contribution in [3.63, 3.8) is 0 Å². The van der Waals surface area contributed by atoms with Crippen LogP contribution in [-0.4, -0.2) is 18.5 Å². The van der Waals surface area contributed by atoms with Crippen molar-refractivity contribution in [2.45, 2.75) is 0 Å². The largest absolute Gasteiger partial charge is 0.452 e. The third-order valence-electron chi connectivity index (χ3n) is 2.63. The highest BCUT2D eigenvalue weighted by atomic mass is 35.5. The number of nitrogens with one attached hydrogen (secondary N) is 1. The van der Waals surface area contributed by atoms with Gasteiger partial charge in [-0.3, -0.25) is 4.79 Å². The molecule has 0 fully saturated rings. The highest BCUT2D eigenvalue weighted by Gasteiger charge is 2.15. The molecule has 0 unspecified atom stereocenters. The van der Waals surface area contributed by atoms with Gasteiger partial charge in [-0.1, -0.05) is 40.9 Å². The number of amides is 1. The Hall–Kier alpha value is -1.75. The Labute approximate surface area is 141 Å². The van der Waals surface area contributed by atoms with E-state index in [1.807, 2.05) is 0 Å². The van der Waals surface area contributed by atoms with Crippen molar-refractivity contribution in [1.82, 2.24) is 0 Å². The van der Waals surface area contributed by atoms with Gasteiger partial charge in [-0.2, -0.15) is 0 Å². The molecule has 0 aliphatic heterocycles. The lowest BCUT2D eigenvalue weighted by Gasteiger charge is -2.08. The van der Waals surface area contributed by atoms with Gasteiger partial charge in [-0.15, -0.1) is 0 Å². The van der Waals surface area contributed by atoms with E-state index in [1.54, 1.807) is 36.4 Å². The van der Waals surface area contributed by atoms with Crippen molar-refractivity contribution < 1.29 is 14.3 Å². The van der Waals surface area contributed by atoms with Gasteiger partial charge in [0.1, 0.15) is 0 Å². The van der Waals surface area contributed by atoms with Gasteiger partial charge in [-0.25, -0.2) is 4.79 Å². The van der Waals surface area contributed by atoms with Crippen molar-refractivity contribution >= 4 is 52.4 Å². The molecule has 7 heteroatoms. The zero-order valence-electron chi connectivity index (χ0n) is 11.1. The molecule has 2 rings (SSSR count). The molecule has 22 heavy (non-hydrogen) atoms. The monoisotopic (exact) mass is 357 g/mol. The van der Waals surface area contributed by atoms with Crippen LogP contribution < -0.4 is 5.32 Å². The minimum Gasteiger partial charge on any atom is -0.452 e. The third kappa shape index (κ3) is 4.37. The van der Waals surface area contributed by atoms with Crippen LogP contribution in [0.25, 0.3) is 0 Å². The highest BCUT2D eigenvalue weighted by Crippen LogP contribution is 2.26. The van der Waals surface area contributed by atoms with Crippen molar-refractivity contribution in [2.24, 2.45) is 0 Å². The van der Waals surface area contributed by atoms with Gasteiger partial charge in [0.2, 0.25) is 0 Å². The zero-order chi connectivity index (χ0) is 16.1. The molecule has 0 aliphatic carbocycles. The number of anilines is 1. The van der Waals surface area contributed by atoms with Gasteiger partial charge in [0.15, 0.2) is 6.61 Å². The van der Waals surface area contributed by atoms with Crippen LogP contribution in [0.1, 0.15) is 10.4 Å². The van der Waals surface area contributed by atoms with Crippen LogP contribution in [-0.2, 0) is 9.53 Å². The van der Waals surface area contributed by atoms with Gasteiger partial charge in [-0.05, 0) is 36.4 Å². The average Bonchev–Trinajstić information content (AvgIpc) is 2.50. The maximum absolute atomic E-state index is 11.9. The number of carbonyl (C=O) groups excluding carboxylic acids is 2. The molecule has 0 aromatic heterocycles. The van der Waals surface area contributed by atoms with Crippen molar-refractivity contribution in [1.29, 1.82) is 0 Å². The van der Waals surface area contributed by atoms with Crippen LogP contribution in [0.3, 0.4) is 0 Å². The summed E-state index contributed by atoms with van der Waals surface area (Å²) in [5, 5.41) is 3.45. The number of esters is 1. The van der Waals surface area contributed by atoms with Gasteiger partial charge in [0.05, 0.1) is 15.6 Å². The number of carbonyl (C=O) groups is 2. The second-order valence-electron chi connectivity index (χ2n) is 4.23. The number of hydrogen-bond acceptors (Lipinski definition) is 3. The Morgan fingerprint density at radius 3 is 2.36 bits per heavy atom. The summed E-state index contributed by atoms with van der Waals surface area (Å²) in [5.74, 6) is -1.20. The van der Waals surface area contributed by atoms with Crippen LogP contribution in [0.4, 0.5) is 5.69 Å². The maximum Gasteiger partial charge on any atom is 0.340 e. The normalized spacial score (nSPS) is 10.1. The Morgan fingerprint density at radius 1 is 1.00 bits per heavy atom. The SMILES string of the molecule is O=C(COC(=O)c1cccc(Cl)c1Cl)Nc1ccc(Cl)cc1. The van der Waals surface area contributed by atoms with E-state index in [2.05, 4.69) is 5.32 Å². The van der Waals surface area contributed by atoms with Crippen molar-refractivity contribution in [3.8, 4) is 0 Å². The zero-order valence-corrected chi connectivity index (χ0v) is 13.4. The van der Waals surface area contributed by atoms with Crippen LogP contribution in [0.2, 0.25) is 15.1 Å². The van der Waals surface area contributed by atoms with E-state index >= 15 is 0 Å². The van der Waals surface area contributed by atoms with Gasteiger partial charge in [0, 0.05) is 10.7 Å². The molecule has 0 bridgehead atoms. The predicted molar refractivity (Wildman–Crippen MR) is 86.8 cm³/mol. The standard InChI is InChI=1S/C15H10Cl3NO3/c16-9-4-6-10(7-5-9)19-13(20)8-22-15(21)11-2-1-3-12(17)14(11)18/h1-7H,8H2,(H,19,20). The van der Waals surface area contributed by atoms with E-state index in [0.29, 0.717) is 10.7 Å². The Balaban J connectivity index is 1.92. The molecule has 2 aromatic rings. The minimum absolute atomic E-state index is 0.0901. The lowest BCUT2D eigenvalue weighted by atomic mass is 10.2. The first-order valence-electron chi connectivity index (χ1n) is 6.14. The molecule has 0 heterocycles. The van der Waals surface area contributed by atoms with Crippen LogP contribution >= 0.6 is 34.8 Å². The quantitative estimate of drug-likeness (QED) is 0.822. The van der Waals surface area contributed by atoms with E-state index in [9.17, 15) is 9.59 Å². The number of halogens is 3. The topological polar surface area (TPSA) is 55.4 Å². The number of ether oxygens (including phenoxy) is 1. The first kappa shape index (κ1) is 16.6. The van der Waals surface area contributed by atoms with Crippen molar-refractivity contribution in [2.75, 3.05) is 11.9 Å². The lowest BCUT2D eigenvalue weighted by molar-refractivity contribution is -0.119. The molecule has 1 amide bonds. The van der Waals surface area contributed by atoms with E-state index in [4.69, 9.17) is 39.5 Å². The lowest BCUT2D eigenvalue weighted by Crippen LogP contribution is -2.21. The predicted octanol–water partition coefficient (Wildman–Crippen LogP) is 4.44. The molecule has 0 radical (unpaired) electrons. The van der Waals surface area contributed by atoms with E-state index in [-0.39, 0.29) is 15.6 Å². The molecular formula is C15H10Cl3NO3. The van der Waals surface area contributed by atoms with Gasteiger partial charge >= 0.3 is 5.97 Å². The second-order valence-corrected chi connectivity index (χ2v) is 5.45. The first-order chi connectivity index (χ1) is 10.5. The molecular weight excluding hydrogens is 349 g/mol. The summed E-state index contributed by atoms with van der Waals surface area (Å²) >= 11 is 17.5. The number of hydrogen-bond donors (Lipinski definition) is 1. The summed E-state index contributed by atoms with van der Waals surface area (Å²) in [7, 11) is 0. The Kier molecular flexibility index (Phi) is 5.66. The van der Waals surface area contributed by atoms with Gasteiger partial charge in [0.25, 0.3) is 5.91 Å². The fourth-order valence-corrected chi connectivity index (χ4v) is 2.10. The smallest absolute Gasteiger partial charge is 0.340 e. The Morgan fingerprint density at radius 2 is 1.68 bits per heavy atom. The molecule has 0 saturated heterocycles. The van der Waals surface area contributed by atoms with E-state index in [0.717, 1.165) is 0 Å². The fraction of sp³-hybridized carbons (Fsp3) is 0.0667. The van der Waals surface area contributed by atoms with Crippen molar-refractivity contribution in [3.05, 3.63) is 63.1 Å². The highest BCUT2D eigenvalue weighted by molar-refractivity contribution is 6.43. The molecule has 1 N–H and O–H groups in total. The molecule has 0 spiro atoms. The number of rotatable bonds is 4. The first-order valence-corrected chi connectivity index (χ1v) is 7.27. The summed E-state index contributed by atoms with van der Waals surface area (Å²) in [5.41, 5.74) is 0.652. The third-order valence-corrected chi connectivity index (χ3v) is 3.70. The molecule has 114 valence electrons. The molecule has 0 aliphatic rings. The van der Waals surface area contributed by atoms with E-state index < -0.39 is 18.5 Å². The summed E-state index contributed by atoms with van der Waals surface area (Å²) in [6, 6.07) is 11.1. The summed E-state index contributed by atoms with van der Waals surface area (Å²) in [6.07, 6.45) is 0. The summed E-state index contributed by atoms with van der Waals surface area (Å²) < 4.78 is 4.90. The Bertz CT molecular complexity index is 702. The maximum atomic E-state index is 11.9. The van der Waals surface area contributed by atoms with E-state index in [1.165, 1.54) is 6.07 Å². The molecule has 0 atom stereocenters. The minimum atomic E-state index is -0.723. The fourth-order valence-electron chi connectivity index (χ4n) is 1.60. The van der Waals surface area contributed by atoms with Gasteiger partial charge < -0.3 is 10.1 Å². The summed E-state index contributed by atoms with van der Waals surface area (Å²) in [6.45, 7) is -0.440. The average molecular weight is 359 g/mol. The number of benzene rings is 2. The van der Waals surface area contributed by atoms with Crippen LogP contribution in [0.5, 0.6) is 0 Å². The molecule has 0 saturated carbocycles.